The third-order valence-electron chi connectivity index (χ3n) is 5.32. The predicted octanol–water partition coefficient (Wildman–Crippen LogP) is 1.99. The Labute approximate surface area is 164 Å². The van der Waals surface area contributed by atoms with Crippen molar-refractivity contribution in [2.24, 2.45) is 5.92 Å². The van der Waals surface area contributed by atoms with Gasteiger partial charge in [-0.2, -0.15) is 11.3 Å². The molecular weight excluding hydrogens is 382 g/mol. The second-order valence-electron chi connectivity index (χ2n) is 6.94. The van der Waals surface area contributed by atoms with Gasteiger partial charge in [0.1, 0.15) is 0 Å². The Morgan fingerprint density at radius 1 is 1.07 bits per heavy atom. The highest BCUT2D eigenvalue weighted by Gasteiger charge is 2.62. The maximum Gasteiger partial charge on any atom is 0.359 e. The Balaban J connectivity index is 1.45. The van der Waals surface area contributed by atoms with Crippen LogP contribution in [0.2, 0.25) is 0 Å². The first-order valence-electron chi connectivity index (χ1n) is 9.06. The monoisotopic (exact) mass is 399 g/mol. The molecule has 4 aliphatic heterocycles. The predicted molar refractivity (Wildman–Crippen MR) is 98.1 cm³/mol. The van der Waals surface area contributed by atoms with Crippen LogP contribution in [0.15, 0.2) is 41.1 Å². The van der Waals surface area contributed by atoms with Gasteiger partial charge in [-0.05, 0) is 30.4 Å². The zero-order chi connectivity index (χ0) is 19.1. The van der Waals surface area contributed by atoms with Crippen molar-refractivity contribution in [3.63, 3.8) is 0 Å². The van der Waals surface area contributed by atoms with E-state index in [1.54, 1.807) is 17.4 Å². The van der Waals surface area contributed by atoms with E-state index in [9.17, 15) is 9.59 Å². The van der Waals surface area contributed by atoms with Crippen LogP contribution in [0.1, 0.15) is 12.8 Å². The molecule has 4 aliphatic rings. The SMILES string of the molecule is O=C1C=CC(=O)OC2(O1)C(Oc1ccc(-c3ccsc3)nn1)C1CCN2CC1. The summed E-state index contributed by atoms with van der Waals surface area (Å²) in [5.41, 5.74) is 1.73. The quantitative estimate of drug-likeness (QED) is 0.724. The molecule has 2 bridgehead atoms. The average molecular weight is 399 g/mol. The molecule has 0 aromatic carbocycles. The molecule has 0 amide bonds. The number of thiophene rings is 1. The lowest BCUT2D eigenvalue weighted by Crippen LogP contribution is -2.71. The van der Waals surface area contributed by atoms with E-state index in [0.717, 1.165) is 36.3 Å². The summed E-state index contributed by atoms with van der Waals surface area (Å²) in [5, 5.41) is 12.4. The van der Waals surface area contributed by atoms with Gasteiger partial charge in [0.2, 0.25) is 5.88 Å². The Hall–Kier alpha value is -2.78. The lowest BCUT2D eigenvalue weighted by atomic mass is 9.82. The minimum absolute atomic E-state index is 0.0713. The highest BCUT2D eigenvalue weighted by atomic mass is 32.1. The standard InChI is InChI=1S/C19H17N3O5S/c23-16-3-4-17(24)27-19(26-16)18(12-5-8-22(19)9-6-12)25-15-2-1-14(20-21-15)13-7-10-28-11-13/h1-4,7,10-12,18H,5-6,8-9H2. The number of carbonyl (C=O) groups excluding carboxylic acids is 2. The molecule has 1 unspecified atom stereocenters. The molecule has 8 nitrogen and oxygen atoms in total. The van der Waals surface area contributed by atoms with Gasteiger partial charge in [0.15, 0.2) is 6.10 Å². The number of esters is 2. The van der Waals surface area contributed by atoms with Crippen LogP contribution >= 0.6 is 11.3 Å². The highest BCUT2D eigenvalue weighted by molar-refractivity contribution is 7.08. The van der Waals surface area contributed by atoms with Crippen LogP contribution in [0.5, 0.6) is 5.88 Å². The van der Waals surface area contributed by atoms with Gasteiger partial charge in [-0.1, -0.05) is 0 Å². The number of ether oxygens (including phenoxy) is 3. The molecule has 6 heterocycles. The number of aromatic nitrogens is 2. The molecule has 3 fully saturated rings. The Kier molecular flexibility index (Phi) is 4.13. The van der Waals surface area contributed by atoms with E-state index >= 15 is 0 Å². The van der Waals surface area contributed by atoms with Crippen LogP contribution < -0.4 is 4.74 Å². The van der Waals surface area contributed by atoms with Crippen molar-refractivity contribution in [1.29, 1.82) is 0 Å². The van der Waals surface area contributed by atoms with Crippen molar-refractivity contribution in [3.8, 4) is 17.1 Å². The second-order valence-corrected chi connectivity index (χ2v) is 7.72. The normalized spacial score (nSPS) is 27.9. The number of hydrogen-bond donors (Lipinski definition) is 0. The van der Waals surface area contributed by atoms with Gasteiger partial charge in [-0.3, -0.25) is 0 Å². The maximum atomic E-state index is 12.1. The fourth-order valence-corrected chi connectivity index (χ4v) is 4.65. The first-order valence-corrected chi connectivity index (χ1v) is 10.0. The van der Waals surface area contributed by atoms with Crippen LogP contribution in [0.3, 0.4) is 0 Å². The van der Waals surface area contributed by atoms with E-state index in [1.165, 1.54) is 0 Å². The van der Waals surface area contributed by atoms with Crippen LogP contribution in [0, 0.1) is 5.92 Å². The smallest absolute Gasteiger partial charge is 0.359 e. The van der Waals surface area contributed by atoms with Gasteiger partial charge in [0.25, 0.3) is 0 Å². The van der Waals surface area contributed by atoms with E-state index < -0.39 is 24.0 Å². The second kappa shape index (κ2) is 6.68. The number of carbonyl (C=O) groups is 2. The molecule has 144 valence electrons. The molecule has 2 aromatic rings. The summed E-state index contributed by atoms with van der Waals surface area (Å²) in [7, 11) is 0. The molecule has 1 atom stereocenters. The summed E-state index contributed by atoms with van der Waals surface area (Å²) < 4.78 is 17.3. The molecule has 3 saturated heterocycles. The van der Waals surface area contributed by atoms with Crippen LogP contribution in [0.4, 0.5) is 0 Å². The lowest BCUT2D eigenvalue weighted by molar-refractivity contribution is -0.349. The molecule has 1 spiro atoms. The van der Waals surface area contributed by atoms with Crippen molar-refractivity contribution < 1.29 is 23.8 Å². The summed E-state index contributed by atoms with van der Waals surface area (Å²) in [6.07, 6.45) is 3.19. The fourth-order valence-electron chi connectivity index (χ4n) is 4.00. The third-order valence-corrected chi connectivity index (χ3v) is 6.01. The van der Waals surface area contributed by atoms with Gasteiger partial charge in [-0.25, -0.2) is 14.5 Å². The van der Waals surface area contributed by atoms with Crippen molar-refractivity contribution in [1.82, 2.24) is 15.1 Å². The number of piperidine rings is 3. The summed E-state index contributed by atoms with van der Waals surface area (Å²) in [4.78, 5) is 26.1. The van der Waals surface area contributed by atoms with Gasteiger partial charge in [0, 0.05) is 48.2 Å². The number of rotatable bonds is 3. The molecule has 0 radical (unpaired) electrons. The van der Waals surface area contributed by atoms with E-state index in [2.05, 4.69) is 10.2 Å². The van der Waals surface area contributed by atoms with Crippen LogP contribution in [-0.4, -0.2) is 52.1 Å². The van der Waals surface area contributed by atoms with Gasteiger partial charge < -0.3 is 14.2 Å². The highest BCUT2D eigenvalue weighted by Crippen LogP contribution is 2.43. The Morgan fingerprint density at radius 2 is 1.82 bits per heavy atom. The number of hydrogen-bond acceptors (Lipinski definition) is 9. The average Bonchev–Trinajstić information content (AvgIpc) is 3.20. The molecule has 0 aliphatic carbocycles. The van der Waals surface area contributed by atoms with Gasteiger partial charge in [-0.15, -0.1) is 10.2 Å². The topological polar surface area (TPSA) is 90.9 Å². The first kappa shape index (κ1) is 17.3. The minimum atomic E-state index is -1.58. The molecule has 9 heteroatoms. The third kappa shape index (κ3) is 2.87. The van der Waals surface area contributed by atoms with Gasteiger partial charge >= 0.3 is 17.8 Å². The van der Waals surface area contributed by atoms with E-state index in [4.69, 9.17) is 14.2 Å². The fraction of sp³-hybridized carbons (Fsp3) is 0.368. The lowest BCUT2D eigenvalue weighted by Gasteiger charge is -2.54. The minimum Gasteiger partial charge on any atom is -0.463 e. The van der Waals surface area contributed by atoms with Crippen molar-refractivity contribution in [3.05, 3.63) is 41.1 Å². The van der Waals surface area contributed by atoms with Crippen molar-refractivity contribution in [2.45, 2.75) is 24.9 Å². The summed E-state index contributed by atoms with van der Waals surface area (Å²) >= 11 is 1.58. The van der Waals surface area contributed by atoms with Gasteiger partial charge in [0.05, 0.1) is 5.69 Å². The number of fused-ring (bicyclic) bond motifs is 2. The molecule has 6 rings (SSSR count). The first-order chi connectivity index (χ1) is 13.6. The zero-order valence-electron chi connectivity index (χ0n) is 14.8. The number of nitrogens with zero attached hydrogens (tertiary/aromatic N) is 3. The molecular formula is C19H17N3O5S. The molecule has 2 aromatic heterocycles. The maximum absolute atomic E-state index is 12.1. The van der Waals surface area contributed by atoms with Crippen molar-refractivity contribution in [2.75, 3.05) is 13.1 Å². The molecule has 28 heavy (non-hydrogen) atoms. The summed E-state index contributed by atoms with van der Waals surface area (Å²) in [5.74, 6) is -2.48. The van der Waals surface area contributed by atoms with Crippen LogP contribution in [0.25, 0.3) is 11.3 Å². The van der Waals surface area contributed by atoms with Crippen molar-refractivity contribution >= 4 is 23.3 Å². The Morgan fingerprint density at radius 3 is 2.43 bits per heavy atom. The zero-order valence-corrected chi connectivity index (χ0v) is 15.6. The summed E-state index contributed by atoms with van der Waals surface area (Å²) in [6, 6.07) is 5.52. The van der Waals surface area contributed by atoms with Crippen LogP contribution in [-0.2, 0) is 19.1 Å². The summed E-state index contributed by atoms with van der Waals surface area (Å²) in [6.45, 7) is 1.32. The molecule has 0 N–H and O–H groups in total. The Bertz CT molecular complexity index is 900. The van der Waals surface area contributed by atoms with E-state index in [1.807, 2.05) is 27.8 Å². The van der Waals surface area contributed by atoms with E-state index in [-0.39, 0.29) is 5.92 Å². The van der Waals surface area contributed by atoms with E-state index in [0.29, 0.717) is 19.0 Å². The largest absolute Gasteiger partial charge is 0.463 e. The molecule has 0 saturated carbocycles.